The Balaban J connectivity index is 1.54. The molecule has 0 spiro atoms. The maximum atomic E-state index is 12.1. The Hall–Kier alpha value is -3.80. The lowest BCUT2D eigenvalue weighted by Gasteiger charge is -2.08. The number of hydrogen-bond donors (Lipinski definition) is 1. The molecule has 1 N–H and O–H groups in total. The van der Waals surface area contributed by atoms with E-state index in [1.807, 2.05) is 36.4 Å². The Morgan fingerprint density at radius 3 is 2.48 bits per heavy atom. The van der Waals surface area contributed by atoms with Gasteiger partial charge in [-0.1, -0.05) is 36.4 Å². The van der Waals surface area contributed by atoms with Crippen LogP contribution in [0.2, 0.25) is 0 Å². The minimum atomic E-state index is -0.264. The predicted molar refractivity (Wildman–Crippen MR) is 112 cm³/mol. The van der Waals surface area contributed by atoms with Crippen molar-refractivity contribution in [3.63, 3.8) is 0 Å². The fourth-order valence-corrected chi connectivity index (χ4v) is 2.58. The first-order valence-corrected chi connectivity index (χ1v) is 9.02. The normalized spacial score (nSPS) is 10.6. The summed E-state index contributed by atoms with van der Waals surface area (Å²) in [5, 5.41) is 2.76. The third-order valence-corrected chi connectivity index (χ3v) is 4.07. The summed E-state index contributed by atoms with van der Waals surface area (Å²) < 4.78 is 16.1. The van der Waals surface area contributed by atoms with Gasteiger partial charge >= 0.3 is 0 Å². The third-order valence-electron chi connectivity index (χ3n) is 4.07. The Morgan fingerprint density at radius 2 is 1.79 bits per heavy atom. The summed E-state index contributed by atoms with van der Waals surface area (Å²) in [7, 11) is 3.14. The minimum Gasteiger partial charge on any atom is -0.493 e. The molecule has 0 aliphatic carbocycles. The van der Waals surface area contributed by atoms with Crippen LogP contribution >= 0.6 is 0 Å². The van der Waals surface area contributed by atoms with E-state index in [4.69, 9.17) is 14.2 Å². The van der Waals surface area contributed by atoms with Gasteiger partial charge in [0.2, 0.25) is 11.8 Å². The zero-order valence-electron chi connectivity index (χ0n) is 16.3. The Kier molecular flexibility index (Phi) is 6.84. The number of methoxy groups -OCH3 is 2. The second kappa shape index (κ2) is 9.94. The number of rotatable bonds is 8. The number of nitrogens with one attached hydrogen (secondary N) is 1. The summed E-state index contributed by atoms with van der Waals surface area (Å²) >= 11 is 0. The highest BCUT2D eigenvalue weighted by molar-refractivity contribution is 6.01. The number of pyridine rings is 1. The van der Waals surface area contributed by atoms with E-state index < -0.39 is 0 Å². The van der Waals surface area contributed by atoms with Crippen LogP contribution in [0.4, 0.5) is 5.69 Å². The van der Waals surface area contributed by atoms with Gasteiger partial charge in [0.1, 0.15) is 6.61 Å². The lowest BCUT2D eigenvalue weighted by Crippen LogP contribution is -2.08. The molecule has 1 aromatic heterocycles. The van der Waals surface area contributed by atoms with Gasteiger partial charge in [0.25, 0.3) is 0 Å². The van der Waals surface area contributed by atoms with Gasteiger partial charge in [-0.15, -0.1) is 0 Å². The Bertz CT molecular complexity index is 970. The van der Waals surface area contributed by atoms with Gasteiger partial charge in [0.05, 0.1) is 26.1 Å². The highest BCUT2D eigenvalue weighted by Crippen LogP contribution is 2.28. The maximum absolute atomic E-state index is 12.1. The molecule has 0 saturated heterocycles. The quantitative estimate of drug-likeness (QED) is 0.580. The summed E-state index contributed by atoms with van der Waals surface area (Å²) in [5.74, 6) is 1.47. The number of anilines is 1. The molecule has 0 saturated carbocycles. The topological polar surface area (TPSA) is 69.7 Å². The van der Waals surface area contributed by atoms with Crippen LogP contribution < -0.4 is 19.5 Å². The number of nitrogens with zero attached hydrogens (tertiary/aromatic N) is 1. The lowest BCUT2D eigenvalue weighted by atomic mass is 10.2. The van der Waals surface area contributed by atoms with Crippen molar-refractivity contribution in [2.75, 3.05) is 19.5 Å². The number of aromatic nitrogens is 1. The molecular weight excluding hydrogens is 368 g/mol. The van der Waals surface area contributed by atoms with Crippen molar-refractivity contribution in [3.05, 3.63) is 84.1 Å². The Morgan fingerprint density at radius 1 is 1.00 bits per heavy atom. The van der Waals surface area contributed by atoms with E-state index in [9.17, 15) is 4.79 Å². The van der Waals surface area contributed by atoms with Crippen LogP contribution in [-0.4, -0.2) is 25.1 Å². The zero-order chi connectivity index (χ0) is 20.5. The van der Waals surface area contributed by atoms with Crippen LogP contribution in [0.5, 0.6) is 17.4 Å². The third kappa shape index (κ3) is 5.84. The SMILES string of the molecule is COc1ccc(/C=C/C(=O)Nc2ccc(OCc3ccccc3)nc2)cc1OC. The molecule has 0 bridgehead atoms. The van der Waals surface area contributed by atoms with E-state index in [0.29, 0.717) is 29.7 Å². The second-order valence-corrected chi connectivity index (χ2v) is 6.10. The van der Waals surface area contributed by atoms with Crippen LogP contribution in [0, 0.1) is 0 Å². The zero-order valence-corrected chi connectivity index (χ0v) is 16.3. The molecule has 0 aliphatic heterocycles. The van der Waals surface area contributed by atoms with Gasteiger partial charge in [-0.25, -0.2) is 4.98 Å². The minimum absolute atomic E-state index is 0.264. The second-order valence-electron chi connectivity index (χ2n) is 6.10. The van der Waals surface area contributed by atoms with Crippen LogP contribution in [-0.2, 0) is 11.4 Å². The smallest absolute Gasteiger partial charge is 0.248 e. The van der Waals surface area contributed by atoms with E-state index in [0.717, 1.165) is 11.1 Å². The average Bonchev–Trinajstić information content (AvgIpc) is 2.77. The van der Waals surface area contributed by atoms with E-state index >= 15 is 0 Å². The van der Waals surface area contributed by atoms with Gasteiger partial charge < -0.3 is 19.5 Å². The van der Waals surface area contributed by atoms with Gasteiger partial charge in [-0.2, -0.15) is 0 Å². The van der Waals surface area contributed by atoms with Crippen LogP contribution in [0.25, 0.3) is 6.08 Å². The summed E-state index contributed by atoms with van der Waals surface area (Å²) in [4.78, 5) is 16.4. The Labute approximate surface area is 169 Å². The fourth-order valence-electron chi connectivity index (χ4n) is 2.58. The van der Waals surface area contributed by atoms with Gasteiger partial charge in [-0.3, -0.25) is 4.79 Å². The highest BCUT2D eigenvalue weighted by atomic mass is 16.5. The molecule has 6 heteroatoms. The molecule has 3 rings (SSSR count). The molecule has 0 fully saturated rings. The number of benzene rings is 2. The van der Waals surface area contributed by atoms with E-state index in [1.165, 1.54) is 6.08 Å². The van der Waals surface area contributed by atoms with Crippen molar-refractivity contribution in [1.82, 2.24) is 4.98 Å². The van der Waals surface area contributed by atoms with Gasteiger partial charge in [0, 0.05) is 12.1 Å². The molecule has 29 heavy (non-hydrogen) atoms. The molecule has 0 atom stereocenters. The molecular formula is C23H22N2O4. The van der Waals surface area contributed by atoms with Gasteiger partial charge in [0.15, 0.2) is 11.5 Å². The average molecular weight is 390 g/mol. The first-order valence-electron chi connectivity index (χ1n) is 9.02. The molecule has 0 aliphatic rings. The fraction of sp³-hybridized carbons (Fsp3) is 0.130. The standard InChI is InChI=1S/C23H22N2O4/c1-27-20-11-8-17(14-21(20)28-2)9-12-22(26)25-19-10-13-23(24-15-19)29-16-18-6-4-3-5-7-18/h3-15H,16H2,1-2H3,(H,25,26)/b12-9+. The first kappa shape index (κ1) is 19.9. The van der Waals surface area contributed by atoms with Crippen molar-refractivity contribution in [2.45, 2.75) is 6.61 Å². The summed E-state index contributed by atoms with van der Waals surface area (Å²) in [5.41, 5.74) is 2.46. The number of carbonyl (C=O) groups excluding carboxylic acids is 1. The molecule has 3 aromatic rings. The maximum Gasteiger partial charge on any atom is 0.248 e. The molecule has 2 aromatic carbocycles. The number of ether oxygens (including phenoxy) is 3. The van der Waals surface area contributed by atoms with Crippen molar-refractivity contribution in [1.29, 1.82) is 0 Å². The molecule has 1 heterocycles. The predicted octanol–water partition coefficient (Wildman–Crippen LogP) is 4.33. The molecule has 148 valence electrons. The number of amides is 1. The van der Waals surface area contributed by atoms with E-state index in [-0.39, 0.29) is 5.91 Å². The molecule has 1 amide bonds. The summed E-state index contributed by atoms with van der Waals surface area (Å²) in [6.07, 6.45) is 4.70. The summed E-state index contributed by atoms with van der Waals surface area (Å²) in [6, 6.07) is 18.7. The van der Waals surface area contributed by atoms with Crippen molar-refractivity contribution in [2.24, 2.45) is 0 Å². The van der Waals surface area contributed by atoms with Crippen LogP contribution in [0.15, 0.2) is 72.9 Å². The number of carbonyl (C=O) groups is 1. The highest BCUT2D eigenvalue weighted by Gasteiger charge is 2.04. The van der Waals surface area contributed by atoms with Crippen molar-refractivity contribution in [3.8, 4) is 17.4 Å². The van der Waals surface area contributed by atoms with Crippen LogP contribution in [0.1, 0.15) is 11.1 Å². The van der Waals surface area contributed by atoms with Crippen molar-refractivity contribution < 1.29 is 19.0 Å². The van der Waals surface area contributed by atoms with E-state index in [2.05, 4.69) is 10.3 Å². The van der Waals surface area contributed by atoms with Gasteiger partial charge in [-0.05, 0) is 35.4 Å². The van der Waals surface area contributed by atoms with Crippen LogP contribution in [0.3, 0.4) is 0 Å². The largest absolute Gasteiger partial charge is 0.493 e. The molecule has 6 nitrogen and oxygen atoms in total. The lowest BCUT2D eigenvalue weighted by molar-refractivity contribution is -0.111. The molecule has 0 unspecified atom stereocenters. The van der Waals surface area contributed by atoms with E-state index in [1.54, 1.807) is 50.8 Å². The molecule has 0 radical (unpaired) electrons. The number of hydrogen-bond acceptors (Lipinski definition) is 5. The van der Waals surface area contributed by atoms with Crippen molar-refractivity contribution >= 4 is 17.7 Å². The summed E-state index contributed by atoms with van der Waals surface area (Å²) in [6.45, 7) is 0.438. The monoisotopic (exact) mass is 390 g/mol. The first-order chi connectivity index (χ1) is 14.2.